The lowest BCUT2D eigenvalue weighted by Gasteiger charge is -2.15. The first kappa shape index (κ1) is 19.0. The van der Waals surface area contributed by atoms with Crippen LogP contribution in [0.2, 0.25) is 0 Å². The van der Waals surface area contributed by atoms with Crippen molar-refractivity contribution in [1.29, 1.82) is 0 Å². The molecule has 1 atom stereocenters. The normalized spacial score (nSPS) is 15.5. The maximum Gasteiger partial charge on any atom is 0.331 e. The Bertz CT molecular complexity index is 661. The van der Waals surface area contributed by atoms with Crippen LogP contribution in [0.25, 0.3) is 6.08 Å². The number of carbonyl (C=O) groups is 2. The highest BCUT2D eigenvalue weighted by atomic mass is 16.5. The fraction of sp³-hybridized carbons (Fsp3) is 0.429. The SMILES string of the molecule is Cc1ccccc1/C=C/C(=O)O[C@@H](C)C(=O)NCCC1=CCCCC1. The third-order valence-electron chi connectivity index (χ3n) is 4.38. The summed E-state index contributed by atoms with van der Waals surface area (Å²) in [5.41, 5.74) is 3.45. The molecule has 1 aromatic carbocycles. The first-order valence-corrected chi connectivity index (χ1v) is 8.96. The fourth-order valence-corrected chi connectivity index (χ4v) is 2.82. The van der Waals surface area contributed by atoms with Gasteiger partial charge in [-0.3, -0.25) is 4.79 Å². The lowest BCUT2D eigenvalue weighted by Crippen LogP contribution is -2.36. The lowest BCUT2D eigenvalue weighted by atomic mass is 9.97. The maximum atomic E-state index is 12.0. The molecule has 0 unspecified atom stereocenters. The molecule has 0 fully saturated rings. The van der Waals surface area contributed by atoms with E-state index < -0.39 is 12.1 Å². The molecule has 0 aromatic heterocycles. The molecule has 0 bridgehead atoms. The fourth-order valence-electron chi connectivity index (χ4n) is 2.82. The van der Waals surface area contributed by atoms with Gasteiger partial charge in [0.05, 0.1) is 0 Å². The summed E-state index contributed by atoms with van der Waals surface area (Å²) in [4.78, 5) is 23.9. The number of aryl methyl sites for hydroxylation is 1. The summed E-state index contributed by atoms with van der Waals surface area (Å²) < 4.78 is 5.16. The Kier molecular flexibility index (Phi) is 7.45. The van der Waals surface area contributed by atoms with E-state index in [1.165, 1.54) is 24.5 Å². The Balaban J connectivity index is 1.73. The minimum atomic E-state index is -0.797. The molecule has 4 heteroatoms. The highest BCUT2D eigenvalue weighted by Gasteiger charge is 2.16. The van der Waals surface area contributed by atoms with Crippen LogP contribution in [0.5, 0.6) is 0 Å². The van der Waals surface area contributed by atoms with Crippen LogP contribution >= 0.6 is 0 Å². The molecule has 0 spiro atoms. The van der Waals surface area contributed by atoms with Crippen molar-refractivity contribution in [2.75, 3.05) is 6.54 Å². The zero-order valence-corrected chi connectivity index (χ0v) is 15.1. The van der Waals surface area contributed by atoms with Crippen molar-refractivity contribution in [3.63, 3.8) is 0 Å². The molecule has 1 aromatic rings. The van der Waals surface area contributed by atoms with Crippen LogP contribution in [0.1, 0.15) is 50.2 Å². The first-order chi connectivity index (χ1) is 12.1. The van der Waals surface area contributed by atoms with Gasteiger partial charge in [0.15, 0.2) is 6.10 Å². The highest BCUT2D eigenvalue weighted by Crippen LogP contribution is 2.19. The summed E-state index contributed by atoms with van der Waals surface area (Å²) in [5, 5.41) is 2.84. The van der Waals surface area contributed by atoms with Crippen LogP contribution in [0.15, 0.2) is 42.0 Å². The molecule has 1 aliphatic carbocycles. The summed E-state index contributed by atoms with van der Waals surface area (Å²) in [7, 11) is 0. The third kappa shape index (κ3) is 6.57. The lowest BCUT2D eigenvalue weighted by molar-refractivity contribution is -0.150. The van der Waals surface area contributed by atoms with Gasteiger partial charge in [0.2, 0.25) is 0 Å². The highest BCUT2D eigenvalue weighted by molar-refractivity contribution is 5.90. The Morgan fingerprint density at radius 2 is 2.08 bits per heavy atom. The van der Waals surface area contributed by atoms with Gasteiger partial charge in [-0.2, -0.15) is 0 Å². The number of allylic oxidation sites excluding steroid dienone is 1. The Morgan fingerprint density at radius 1 is 1.28 bits per heavy atom. The second-order valence-electron chi connectivity index (χ2n) is 6.42. The van der Waals surface area contributed by atoms with Gasteiger partial charge in [-0.15, -0.1) is 0 Å². The van der Waals surface area contributed by atoms with E-state index in [4.69, 9.17) is 4.74 Å². The molecule has 2 rings (SSSR count). The molecule has 4 nitrogen and oxygen atoms in total. The van der Waals surface area contributed by atoms with Gasteiger partial charge in [-0.1, -0.05) is 35.9 Å². The van der Waals surface area contributed by atoms with E-state index in [2.05, 4.69) is 11.4 Å². The molecule has 25 heavy (non-hydrogen) atoms. The van der Waals surface area contributed by atoms with Crippen LogP contribution in [0.4, 0.5) is 0 Å². The molecule has 1 aliphatic rings. The number of amides is 1. The summed E-state index contributed by atoms with van der Waals surface area (Å²) in [6.07, 6.45) is 10.2. The van der Waals surface area contributed by atoms with Gasteiger partial charge in [0.1, 0.15) is 0 Å². The monoisotopic (exact) mass is 341 g/mol. The minimum Gasteiger partial charge on any atom is -0.449 e. The molecule has 1 amide bonds. The van der Waals surface area contributed by atoms with Crippen molar-refractivity contribution in [3.05, 3.63) is 53.1 Å². The zero-order valence-electron chi connectivity index (χ0n) is 15.1. The predicted octanol–water partition coefficient (Wildman–Crippen LogP) is 3.95. The number of ether oxygens (including phenoxy) is 1. The molecule has 1 N–H and O–H groups in total. The maximum absolute atomic E-state index is 12.0. The second kappa shape index (κ2) is 9.82. The van der Waals surface area contributed by atoms with E-state index >= 15 is 0 Å². The summed E-state index contributed by atoms with van der Waals surface area (Å²) in [5.74, 6) is -0.769. The number of hydrogen-bond acceptors (Lipinski definition) is 3. The topological polar surface area (TPSA) is 55.4 Å². The van der Waals surface area contributed by atoms with Crippen LogP contribution in [0.3, 0.4) is 0 Å². The van der Waals surface area contributed by atoms with Crippen molar-refractivity contribution in [3.8, 4) is 0 Å². The van der Waals surface area contributed by atoms with Gasteiger partial charge in [0.25, 0.3) is 5.91 Å². The van der Waals surface area contributed by atoms with E-state index in [-0.39, 0.29) is 5.91 Å². The first-order valence-electron chi connectivity index (χ1n) is 8.96. The van der Waals surface area contributed by atoms with Crippen molar-refractivity contribution in [1.82, 2.24) is 5.32 Å². The van der Waals surface area contributed by atoms with E-state index in [1.54, 1.807) is 13.0 Å². The number of hydrogen-bond donors (Lipinski definition) is 1. The number of benzene rings is 1. The van der Waals surface area contributed by atoms with Crippen molar-refractivity contribution in [2.45, 2.75) is 52.1 Å². The zero-order chi connectivity index (χ0) is 18.1. The van der Waals surface area contributed by atoms with E-state index in [0.29, 0.717) is 6.54 Å². The van der Waals surface area contributed by atoms with Crippen LogP contribution in [0, 0.1) is 6.92 Å². The molecular weight excluding hydrogens is 314 g/mol. The Labute approximate surface area is 150 Å². The van der Waals surface area contributed by atoms with Crippen molar-refractivity contribution >= 4 is 18.0 Å². The summed E-state index contributed by atoms with van der Waals surface area (Å²) >= 11 is 0. The summed E-state index contributed by atoms with van der Waals surface area (Å²) in [6.45, 7) is 4.16. The van der Waals surface area contributed by atoms with E-state index in [0.717, 1.165) is 30.4 Å². The van der Waals surface area contributed by atoms with Crippen molar-refractivity contribution < 1.29 is 14.3 Å². The van der Waals surface area contributed by atoms with Gasteiger partial charge in [-0.05, 0) is 63.2 Å². The molecular formula is C21H27NO3. The molecule has 0 heterocycles. The van der Waals surface area contributed by atoms with E-state index in [1.807, 2.05) is 31.2 Å². The quantitative estimate of drug-likeness (QED) is 0.464. The van der Waals surface area contributed by atoms with Gasteiger partial charge in [0, 0.05) is 12.6 Å². The summed E-state index contributed by atoms with van der Waals surface area (Å²) in [6, 6.07) is 7.76. The number of nitrogens with one attached hydrogen (secondary N) is 1. The van der Waals surface area contributed by atoms with E-state index in [9.17, 15) is 9.59 Å². The second-order valence-corrected chi connectivity index (χ2v) is 6.42. The number of esters is 1. The smallest absolute Gasteiger partial charge is 0.331 e. The predicted molar refractivity (Wildman–Crippen MR) is 99.9 cm³/mol. The molecule has 0 saturated heterocycles. The van der Waals surface area contributed by atoms with Gasteiger partial charge < -0.3 is 10.1 Å². The van der Waals surface area contributed by atoms with Crippen LogP contribution < -0.4 is 5.32 Å². The molecule has 0 aliphatic heterocycles. The van der Waals surface area contributed by atoms with Crippen LogP contribution in [-0.4, -0.2) is 24.5 Å². The van der Waals surface area contributed by atoms with Crippen molar-refractivity contribution in [2.24, 2.45) is 0 Å². The minimum absolute atomic E-state index is 0.256. The average Bonchev–Trinajstić information content (AvgIpc) is 2.62. The van der Waals surface area contributed by atoms with Crippen LogP contribution in [-0.2, 0) is 14.3 Å². The average molecular weight is 341 g/mol. The number of rotatable bonds is 7. The third-order valence-corrected chi connectivity index (χ3v) is 4.38. The molecule has 134 valence electrons. The Hall–Kier alpha value is -2.36. The number of carbonyl (C=O) groups excluding carboxylic acids is 2. The largest absolute Gasteiger partial charge is 0.449 e. The molecule has 0 saturated carbocycles. The van der Waals surface area contributed by atoms with Gasteiger partial charge in [-0.25, -0.2) is 4.79 Å². The van der Waals surface area contributed by atoms with Gasteiger partial charge >= 0.3 is 5.97 Å². The Morgan fingerprint density at radius 3 is 2.80 bits per heavy atom. The molecule has 0 radical (unpaired) electrons. The standard InChI is InChI=1S/C21H27NO3/c1-16-8-6-7-11-19(16)12-13-20(23)25-17(2)21(24)22-15-14-18-9-4-3-5-10-18/h6-9,11-13,17H,3-5,10,14-15H2,1-2H3,(H,22,24)/b13-12+/t17-/m0/s1.